The summed E-state index contributed by atoms with van der Waals surface area (Å²) in [4.78, 5) is 24.1. The van der Waals surface area contributed by atoms with Crippen molar-refractivity contribution >= 4 is 36.0 Å². The van der Waals surface area contributed by atoms with E-state index in [1.807, 2.05) is 54.6 Å². The van der Waals surface area contributed by atoms with Gasteiger partial charge in [-0.25, -0.2) is 9.59 Å². The van der Waals surface area contributed by atoms with Crippen molar-refractivity contribution in [2.45, 2.75) is 13.0 Å². The number of hydrogen-bond donors (Lipinski definition) is 0. The van der Waals surface area contributed by atoms with E-state index in [2.05, 4.69) is 29.0 Å². The van der Waals surface area contributed by atoms with Gasteiger partial charge in [0.2, 0.25) is 0 Å². The molecule has 0 N–H and O–H groups in total. The summed E-state index contributed by atoms with van der Waals surface area (Å²) in [5.74, 6) is -0.397. The van der Waals surface area contributed by atoms with Gasteiger partial charge < -0.3 is 14.2 Å². The van der Waals surface area contributed by atoms with Gasteiger partial charge in [0.1, 0.15) is 12.7 Å². The van der Waals surface area contributed by atoms with E-state index in [1.54, 1.807) is 25.1 Å². The van der Waals surface area contributed by atoms with Gasteiger partial charge in [0.15, 0.2) is 0 Å². The Kier molecular flexibility index (Phi) is 8.59. The van der Waals surface area contributed by atoms with Crippen LogP contribution in [0.15, 0.2) is 97.1 Å². The lowest BCUT2D eigenvalue weighted by Crippen LogP contribution is -2.26. The van der Waals surface area contributed by atoms with Crippen molar-refractivity contribution in [3.05, 3.63) is 103 Å². The smallest absolute Gasteiger partial charge is 0.455 e. The van der Waals surface area contributed by atoms with Crippen LogP contribution in [0.25, 0.3) is 0 Å². The molecule has 0 aliphatic heterocycles. The summed E-state index contributed by atoms with van der Waals surface area (Å²) in [5, 5.41) is 3.25. The molecule has 3 aromatic carbocycles. The summed E-state index contributed by atoms with van der Waals surface area (Å²) in [6, 6.07) is 28.0. The first-order chi connectivity index (χ1) is 15.6. The number of methoxy groups -OCH3 is 1. The monoisotopic (exact) mass is 448 g/mol. The molecule has 3 aromatic rings. The topological polar surface area (TPSA) is 61.8 Å². The minimum Gasteiger partial charge on any atom is -0.455 e. The van der Waals surface area contributed by atoms with Gasteiger partial charge in [-0.05, 0) is 49.0 Å². The molecule has 0 aromatic heterocycles. The third kappa shape index (κ3) is 6.29. The maximum atomic E-state index is 13.1. The van der Waals surface area contributed by atoms with E-state index in [9.17, 15) is 9.59 Å². The van der Waals surface area contributed by atoms with E-state index in [-0.39, 0.29) is 6.61 Å². The molecule has 0 amide bonds. The van der Waals surface area contributed by atoms with Gasteiger partial charge in [-0.2, -0.15) is 0 Å². The molecule has 5 nitrogen and oxygen atoms in total. The lowest BCUT2D eigenvalue weighted by Gasteiger charge is -2.22. The first kappa shape index (κ1) is 23.2. The van der Waals surface area contributed by atoms with E-state index in [1.165, 1.54) is 7.11 Å². The highest BCUT2D eigenvalue weighted by Gasteiger charge is 2.23. The normalized spacial score (nSPS) is 11.8. The van der Waals surface area contributed by atoms with E-state index >= 15 is 0 Å². The molecule has 164 valence electrons. The zero-order chi connectivity index (χ0) is 22.8. The van der Waals surface area contributed by atoms with Crippen molar-refractivity contribution in [2.24, 2.45) is 0 Å². The number of ether oxygens (including phenoxy) is 3. The van der Waals surface area contributed by atoms with E-state index in [4.69, 9.17) is 9.47 Å². The summed E-state index contributed by atoms with van der Waals surface area (Å²) in [6.07, 6.45) is 2.03. The molecule has 0 unspecified atom stereocenters. The van der Waals surface area contributed by atoms with Crippen LogP contribution in [0.2, 0.25) is 0 Å². The Morgan fingerprint density at radius 1 is 0.875 bits per heavy atom. The summed E-state index contributed by atoms with van der Waals surface area (Å²) < 4.78 is 14.8. The van der Waals surface area contributed by atoms with E-state index in [0.29, 0.717) is 5.56 Å². The zero-order valence-electron chi connectivity index (χ0n) is 18.0. The van der Waals surface area contributed by atoms with Gasteiger partial charge in [0, 0.05) is 0 Å². The van der Waals surface area contributed by atoms with Crippen molar-refractivity contribution in [1.29, 1.82) is 0 Å². The molecule has 3 rings (SSSR count). The Bertz CT molecular complexity index is 1010. The number of carbonyl (C=O) groups is 2. The van der Waals surface area contributed by atoms with E-state index < -0.39 is 26.2 Å². The molecule has 0 aliphatic rings. The summed E-state index contributed by atoms with van der Waals surface area (Å²) in [7, 11) is 0.306. The average Bonchev–Trinajstić information content (AvgIpc) is 2.83. The summed E-state index contributed by atoms with van der Waals surface area (Å²) in [6.45, 7) is 1.80. The maximum absolute atomic E-state index is 13.1. The number of benzene rings is 3. The average molecular weight is 448 g/mol. The molecule has 0 bridgehead atoms. The zero-order valence-corrected chi connectivity index (χ0v) is 18.9. The number of rotatable bonds is 8. The Labute approximate surface area is 189 Å². The number of carbonyl (C=O) groups excluding carboxylic acids is 2. The number of hydrogen-bond acceptors (Lipinski definition) is 5. The minimum absolute atomic E-state index is 0.0401. The predicted molar refractivity (Wildman–Crippen MR) is 128 cm³/mol. The highest BCUT2D eigenvalue weighted by atomic mass is 31.1. The van der Waals surface area contributed by atoms with Crippen molar-refractivity contribution in [3.63, 3.8) is 0 Å². The third-order valence-corrected chi connectivity index (χ3v) is 7.06. The lowest BCUT2D eigenvalue weighted by atomic mass is 10.2. The number of esters is 1. The van der Waals surface area contributed by atoms with Crippen LogP contribution in [-0.2, 0) is 14.2 Å². The Morgan fingerprint density at radius 3 is 2.03 bits per heavy atom. The molecular weight excluding hydrogens is 423 g/mol. The van der Waals surface area contributed by atoms with Crippen molar-refractivity contribution in [3.8, 4) is 0 Å². The van der Waals surface area contributed by atoms with E-state index in [0.717, 1.165) is 15.9 Å². The largest absolute Gasteiger partial charge is 0.508 e. The minimum atomic E-state index is -0.937. The van der Waals surface area contributed by atoms with Crippen LogP contribution >= 0.6 is 7.92 Å². The van der Waals surface area contributed by atoms with Gasteiger partial charge in [0.25, 0.3) is 0 Å². The molecule has 0 fully saturated rings. The van der Waals surface area contributed by atoms with Gasteiger partial charge in [-0.15, -0.1) is 0 Å². The van der Waals surface area contributed by atoms with Gasteiger partial charge in [-0.3, -0.25) is 0 Å². The molecule has 0 saturated heterocycles. The summed E-state index contributed by atoms with van der Waals surface area (Å²) in [5.41, 5.74) is 0.539. The fourth-order valence-electron chi connectivity index (χ4n) is 3.12. The van der Waals surface area contributed by atoms with Crippen LogP contribution < -0.4 is 15.9 Å². The maximum Gasteiger partial charge on any atom is 0.508 e. The van der Waals surface area contributed by atoms with Crippen molar-refractivity contribution < 1.29 is 23.8 Å². The summed E-state index contributed by atoms with van der Waals surface area (Å²) >= 11 is 0. The highest BCUT2D eigenvalue weighted by molar-refractivity contribution is 7.80. The Balaban J connectivity index is 1.84. The third-order valence-electron chi connectivity index (χ3n) is 4.56. The van der Waals surface area contributed by atoms with Crippen molar-refractivity contribution in [2.75, 3.05) is 13.7 Å². The molecule has 0 saturated carbocycles. The molecule has 6 heteroatoms. The fourth-order valence-corrected chi connectivity index (χ4v) is 5.55. The van der Waals surface area contributed by atoms with Gasteiger partial charge >= 0.3 is 12.1 Å². The fraction of sp³-hybridized carbons (Fsp3) is 0.154. The second-order valence-corrected chi connectivity index (χ2v) is 9.01. The van der Waals surface area contributed by atoms with Gasteiger partial charge in [-0.1, -0.05) is 78.9 Å². The molecule has 32 heavy (non-hydrogen) atoms. The van der Waals surface area contributed by atoms with Gasteiger partial charge in [0.05, 0.1) is 12.7 Å². The molecule has 0 spiro atoms. The Morgan fingerprint density at radius 2 is 1.44 bits per heavy atom. The van der Waals surface area contributed by atoms with Crippen LogP contribution in [0.3, 0.4) is 0 Å². The molecule has 0 radical (unpaired) electrons. The van der Waals surface area contributed by atoms with Crippen LogP contribution in [0, 0.1) is 0 Å². The van der Waals surface area contributed by atoms with Crippen molar-refractivity contribution in [1.82, 2.24) is 0 Å². The highest BCUT2D eigenvalue weighted by Crippen LogP contribution is 2.34. The second-order valence-electron chi connectivity index (χ2n) is 6.83. The first-order valence-corrected chi connectivity index (χ1v) is 11.5. The lowest BCUT2D eigenvalue weighted by molar-refractivity contribution is 0.0423. The van der Waals surface area contributed by atoms with Crippen LogP contribution in [0.5, 0.6) is 0 Å². The van der Waals surface area contributed by atoms with Crippen LogP contribution in [-0.4, -0.2) is 31.9 Å². The molecular formula is C26H25O5P. The SMILES string of the molecule is COC(=O)OC/C=C/[C@H](C)OC(=O)c1ccccc1P(c1ccccc1)c1ccccc1. The van der Waals surface area contributed by atoms with Crippen LogP contribution in [0.1, 0.15) is 17.3 Å². The first-order valence-electron chi connectivity index (χ1n) is 10.2. The molecule has 0 heterocycles. The standard InChI is InChI=1S/C26H25O5P/c1-20(12-11-19-30-26(28)29-2)31-25(27)23-17-9-10-18-24(23)32(21-13-5-3-6-14-21)22-15-7-4-8-16-22/h3-18,20H,19H2,1-2H3/b12-11+/t20-/m0/s1. The molecule has 1 atom stereocenters. The second kappa shape index (κ2) is 11.8. The predicted octanol–water partition coefficient (Wildman–Crippen LogP) is 4.33. The van der Waals surface area contributed by atoms with Crippen LogP contribution in [0.4, 0.5) is 4.79 Å². The quantitative estimate of drug-likeness (QED) is 0.292. The molecule has 0 aliphatic carbocycles. The Hall–Kier alpha value is -3.43.